The number of ether oxygens (including phenoxy) is 1. The number of nitrogens with zero attached hydrogens (tertiary/aromatic N) is 1. The van der Waals surface area contributed by atoms with Crippen molar-refractivity contribution in [3.05, 3.63) is 55.9 Å². The summed E-state index contributed by atoms with van der Waals surface area (Å²) in [6.07, 6.45) is 0.746. The van der Waals surface area contributed by atoms with Gasteiger partial charge in [0.15, 0.2) is 0 Å². The zero-order chi connectivity index (χ0) is 18.8. The van der Waals surface area contributed by atoms with Crippen LogP contribution in [-0.4, -0.2) is 37.5 Å². The number of thiophene rings is 1. The number of likely N-dealkylation sites (N-methyl/N-ethyl adjacent to an activating group) is 1. The van der Waals surface area contributed by atoms with E-state index >= 15 is 0 Å². The van der Waals surface area contributed by atoms with E-state index in [9.17, 15) is 19.7 Å². The molecule has 0 fully saturated rings. The van der Waals surface area contributed by atoms with Gasteiger partial charge in [-0.2, -0.15) is 0 Å². The average molecular weight is 376 g/mol. The first-order valence-corrected chi connectivity index (χ1v) is 8.82. The van der Waals surface area contributed by atoms with Crippen LogP contribution in [0.4, 0.5) is 10.7 Å². The van der Waals surface area contributed by atoms with Crippen LogP contribution in [0.3, 0.4) is 0 Å². The highest BCUT2D eigenvalue weighted by molar-refractivity contribution is 7.17. The first-order valence-electron chi connectivity index (χ1n) is 8.00. The Balaban J connectivity index is 1.90. The van der Waals surface area contributed by atoms with E-state index in [0.29, 0.717) is 10.6 Å². The Morgan fingerprint density at radius 1 is 1.31 bits per heavy atom. The minimum absolute atomic E-state index is 0.0885. The van der Waals surface area contributed by atoms with E-state index in [1.165, 1.54) is 47.6 Å². The van der Waals surface area contributed by atoms with E-state index < -0.39 is 16.8 Å². The van der Waals surface area contributed by atoms with Crippen molar-refractivity contribution in [2.75, 3.05) is 26.0 Å². The molecule has 26 heavy (non-hydrogen) atoms. The minimum atomic E-state index is -0.525. The number of fused-ring (bicyclic) bond motifs is 1. The molecule has 2 N–H and O–H groups in total. The van der Waals surface area contributed by atoms with Gasteiger partial charge in [0.2, 0.25) is 0 Å². The monoisotopic (exact) mass is 376 g/mol. The fraction of sp³-hybridized carbons (Fsp3) is 0.294. The maximum absolute atomic E-state index is 12.5. The molecule has 0 saturated heterocycles. The molecule has 1 atom stereocenters. The van der Waals surface area contributed by atoms with Gasteiger partial charge in [-0.25, -0.2) is 4.79 Å². The molecule has 1 unspecified atom stereocenters. The van der Waals surface area contributed by atoms with Gasteiger partial charge in [0.05, 0.1) is 36.1 Å². The molecule has 2 aromatic rings. The molecule has 0 spiro atoms. The summed E-state index contributed by atoms with van der Waals surface area (Å²) < 4.78 is 4.89. The third-order valence-electron chi connectivity index (χ3n) is 4.31. The SMILES string of the molecule is COC(=O)c1c(NC(=O)c2ccc([N+](=O)[O-])cc2)sc2c1CC[NH+](C)C2. The van der Waals surface area contributed by atoms with Crippen molar-refractivity contribution < 1.29 is 24.1 Å². The summed E-state index contributed by atoms with van der Waals surface area (Å²) in [5.41, 5.74) is 1.54. The molecule has 1 amide bonds. The zero-order valence-electron chi connectivity index (χ0n) is 14.3. The molecule has 8 nitrogen and oxygen atoms in total. The number of nitro groups is 1. The lowest BCUT2D eigenvalue weighted by atomic mass is 10.0. The Labute approximate surface area is 153 Å². The summed E-state index contributed by atoms with van der Waals surface area (Å²) in [6, 6.07) is 5.31. The number of esters is 1. The summed E-state index contributed by atoms with van der Waals surface area (Å²) in [5.74, 6) is -0.898. The molecular weight excluding hydrogens is 358 g/mol. The van der Waals surface area contributed by atoms with Crippen molar-refractivity contribution in [1.82, 2.24) is 0 Å². The highest BCUT2D eigenvalue weighted by atomic mass is 32.1. The number of nitro benzene ring substituents is 1. The molecule has 1 aromatic heterocycles. The lowest BCUT2D eigenvalue weighted by Crippen LogP contribution is -3.08. The number of quaternary nitrogens is 1. The Bertz CT molecular complexity index is 875. The maximum Gasteiger partial charge on any atom is 0.341 e. The Hall–Kier alpha value is -2.78. The van der Waals surface area contributed by atoms with Gasteiger partial charge in [-0.3, -0.25) is 14.9 Å². The smallest absolute Gasteiger partial charge is 0.341 e. The number of methoxy groups -OCH3 is 1. The molecule has 9 heteroatoms. The van der Waals surface area contributed by atoms with Crippen LogP contribution in [-0.2, 0) is 17.7 Å². The number of rotatable bonds is 4. The van der Waals surface area contributed by atoms with Crippen molar-refractivity contribution in [3.63, 3.8) is 0 Å². The van der Waals surface area contributed by atoms with Crippen LogP contribution in [0.25, 0.3) is 0 Å². The molecule has 0 aliphatic carbocycles. The van der Waals surface area contributed by atoms with Gasteiger partial charge in [-0.15, -0.1) is 11.3 Å². The van der Waals surface area contributed by atoms with Crippen LogP contribution >= 0.6 is 11.3 Å². The van der Waals surface area contributed by atoms with Gasteiger partial charge in [-0.1, -0.05) is 0 Å². The van der Waals surface area contributed by atoms with Crippen molar-refractivity contribution in [2.24, 2.45) is 0 Å². The van der Waals surface area contributed by atoms with Crippen LogP contribution in [0.15, 0.2) is 24.3 Å². The van der Waals surface area contributed by atoms with Gasteiger partial charge in [0.1, 0.15) is 11.5 Å². The number of nitrogens with one attached hydrogen (secondary N) is 2. The zero-order valence-corrected chi connectivity index (χ0v) is 15.1. The highest BCUT2D eigenvalue weighted by Crippen LogP contribution is 2.35. The van der Waals surface area contributed by atoms with E-state index in [2.05, 4.69) is 12.4 Å². The average Bonchev–Trinajstić information content (AvgIpc) is 2.97. The van der Waals surface area contributed by atoms with Gasteiger partial charge in [0.25, 0.3) is 11.6 Å². The summed E-state index contributed by atoms with van der Waals surface area (Å²) in [4.78, 5) is 37.3. The van der Waals surface area contributed by atoms with Crippen molar-refractivity contribution in [3.8, 4) is 0 Å². The second-order valence-electron chi connectivity index (χ2n) is 6.09. The van der Waals surface area contributed by atoms with Crippen LogP contribution in [0.2, 0.25) is 0 Å². The molecular formula is C17H18N3O5S+. The normalized spacial score (nSPS) is 15.8. The van der Waals surface area contributed by atoms with Crippen LogP contribution < -0.4 is 10.2 Å². The number of anilines is 1. The standard InChI is InChI=1S/C17H17N3O5S/c1-19-8-7-12-13(9-19)26-16(14(12)17(22)25-2)18-15(21)10-3-5-11(6-4-10)20(23)24/h3-6H,7-9H2,1-2H3,(H,18,21)/p+1. The summed E-state index contributed by atoms with van der Waals surface area (Å²) >= 11 is 1.38. The van der Waals surface area contributed by atoms with Crippen molar-refractivity contribution >= 4 is 33.9 Å². The fourth-order valence-electron chi connectivity index (χ4n) is 2.94. The lowest BCUT2D eigenvalue weighted by Gasteiger charge is -2.19. The Kier molecular flexibility index (Phi) is 5.01. The number of non-ortho nitro benzene ring substituents is 1. The van der Waals surface area contributed by atoms with E-state index in [0.717, 1.165) is 30.0 Å². The predicted molar refractivity (Wildman–Crippen MR) is 95.9 cm³/mol. The van der Waals surface area contributed by atoms with Crippen molar-refractivity contribution in [1.29, 1.82) is 0 Å². The molecule has 1 aliphatic rings. The summed E-state index contributed by atoms with van der Waals surface area (Å²) in [6.45, 7) is 1.70. The second kappa shape index (κ2) is 7.22. The molecule has 0 radical (unpaired) electrons. The molecule has 3 rings (SSSR count). The molecule has 1 aliphatic heterocycles. The second-order valence-corrected chi connectivity index (χ2v) is 7.20. The Morgan fingerprint density at radius 3 is 2.62 bits per heavy atom. The number of carbonyl (C=O) groups is 2. The van der Waals surface area contributed by atoms with E-state index in [1.807, 2.05) is 0 Å². The van der Waals surface area contributed by atoms with Gasteiger partial charge >= 0.3 is 5.97 Å². The molecule has 2 heterocycles. The largest absolute Gasteiger partial charge is 0.465 e. The highest BCUT2D eigenvalue weighted by Gasteiger charge is 2.30. The Morgan fingerprint density at radius 2 is 2.00 bits per heavy atom. The predicted octanol–water partition coefficient (Wildman–Crippen LogP) is 1.27. The fourth-order valence-corrected chi connectivity index (χ4v) is 4.28. The van der Waals surface area contributed by atoms with Gasteiger partial charge in [0, 0.05) is 24.1 Å². The molecule has 0 saturated carbocycles. The molecule has 136 valence electrons. The van der Waals surface area contributed by atoms with Crippen LogP contribution in [0, 0.1) is 10.1 Å². The van der Waals surface area contributed by atoms with Crippen molar-refractivity contribution in [2.45, 2.75) is 13.0 Å². The van der Waals surface area contributed by atoms with Crippen LogP contribution in [0.5, 0.6) is 0 Å². The topological polar surface area (TPSA) is 103 Å². The lowest BCUT2D eigenvalue weighted by molar-refractivity contribution is -0.895. The van der Waals surface area contributed by atoms with Crippen LogP contribution in [0.1, 0.15) is 31.2 Å². The number of hydrogen-bond acceptors (Lipinski definition) is 6. The summed E-state index contributed by atoms with van der Waals surface area (Å²) in [7, 11) is 3.39. The first kappa shape index (κ1) is 18.0. The number of hydrogen-bond donors (Lipinski definition) is 2. The number of benzene rings is 1. The van der Waals surface area contributed by atoms with E-state index in [-0.39, 0.29) is 11.3 Å². The molecule has 1 aromatic carbocycles. The maximum atomic E-state index is 12.5. The number of carbonyl (C=O) groups excluding carboxylic acids is 2. The van der Waals surface area contributed by atoms with E-state index in [4.69, 9.17) is 4.74 Å². The third-order valence-corrected chi connectivity index (χ3v) is 5.46. The molecule has 0 bridgehead atoms. The summed E-state index contributed by atoms with van der Waals surface area (Å²) in [5, 5.41) is 13.9. The minimum Gasteiger partial charge on any atom is -0.465 e. The quantitative estimate of drug-likeness (QED) is 0.475. The first-order chi connectivity index (χ1) is 12.4. The van der Waals surface area contributed by atoms with E-state index in [1.54, 1.807) is 0 Å². The number of amides is 1. The van der Waals surface area contributed by atoms with Gasteiger partial charge in [-0.05, 0) is 17.7 Å². The third kappa shape index (κ3) is 3.44. The van der Waals surface area contributed by atoms with Gasteiger partial charge < -0.3 is 15.0 Å².